The fourth-order valence-corrected chi connectivity index (χ4v) is 2.84. The van der Waals surface area contributed by atoms with Gasteiger partial charge in [0.05, 0.1) is 6.10 Å². The fourth-order valence-electron chi connectivity index (χ4n) is 2.61. The maximum absolute atomic E-state index is 12.3. The van der Waals surface area contributed by atoms with Crippen molar-refractivity contribution in [3.8, 4) is 5.75 Å². The van der Waals surface area contributed by atoms with Gasteiger partial charge in [-0.15, -0.1) is 0 Å². The quantitative estimate of drug-likeness (QED) is 0.804. The molecule has 0 N–H and O–H groups in total. The first-order valence-corrected chi connectivity index (χ1v) is 8.26. The highest BCUT2D eigenvalue weighted by Crippen LogP contribution is 2.22. The maximum atomic E-state index is 12.3. The molecular weight excluding hydrogens is 302 g/mol. The number of halogens is 1. The van der Waals surface area contributed by atoms with Gasteiger partial charge in [-0.1, -0.05) is 11.6 Å². The smallest absolute Gasteiger partial charge is 0.260 e. The normalized spacial score (nSPS) is 18.0. The Morgan fingerprint density at radius 1 is 1.45 bits per heavy atom. The number of carbonyl (C=O) groups is 1. The van der Waals surface area contributed by atoms with Gasteiger partial charge in [0, 0.05) is 24.7 Å². The van der Waals surface area contributed by atoms with E-state index >= 15 is 0 Å². The Bertz CT molecular complexity index is 501. The second-order valence-corrected chi connectivity index (χ2v) is 6.06. The summed E-state index contributed by atoms with van der Waals surface area (Å²) in [6.07, 6.45) is 3.49. The number of hydrogen-bond donors (Lipinski definition) is 0. The monoisotopic (exact) mass is 325 g/mol. The molecule has 1 aliphatic heterocycles. The van der Waals surface area contributed by atoms with E-state index < -0.39 is 0 Å². The fraction of sp³-hybridized carbons (Fsp3) is 0.588. The van der Waals surface area contributed by atoms with Crippen LogP contribution < -0.4 is 4.74 Å². The number of aryl methyl sites for hydroxylation is 1. The molecular formula is C17H24ClNO3. The summed E-state index contributed by atoms with van der Waals surface area (Å²) in [5.74, 6) is 0.689. The van der Waals surface area contributed by atoms with Crippen LogP contribution in [-0.2, 0) is 9.53 Å². The van der Waals surface area contributed by atoms with E-state index in [-0.39, 0.29) is 18.6 Å². The second-order valence-electron chi connectivity index (χ2n) is 5.62. The Hall–Kier alpha value is -1.26. The molecule has 5 heteroatoms. The van der Waals surface area contributed by atoms with Gasteiger partial charge in [0.25, 0.3) is 5.91 Å². The molecule has 0 aliphatic carbocycles. The highest BCUT2D eigenvalue weighted by atomic mass is 35.5. The third-order valence-electron chi connectivity index (χ3n) is 3.92. The van der Waals surface area contributed by atoms with Crippen LogP contribution in [0.15, 0.2) is 18.2 Å². The van der Waals surface area contributed by atoms with Crippen LogP contribution in [0.2, 0.25) is 5.02 Å². The van der Waals surface area contributed by atoms with Crippen molar-refractivity contribution in [1.29, 1.82) is 0 Å². The van der Waals surface area contributed by atoms with Crippen molar-refractivity contribution >= 4 is 17.5 Å². The van der Waals surface area contributed by atoms with E-state index in [0.717, 1.165) is 25.0 Å². The third kappa shape index (κ3) is 4.89. The molecule has 4 nitrogen and oxygen atoms in total. The standard InChI is InChI=1S/C17H24ClNO3/c1-3-19(11-15-6-4-5-9-21-15)17(20)12-22-16-8-7-14(18)10-13(16)2/h7-8,10,15H,3-6,9,11-12H2,1-2H3/t15-/m0/s1. The second kappa shape index (κ2) is 8.39. The zero-order valence-corrected chi connectivity index (χ0v) is 14.1. The Morgan fingerprint density at radius 2 is 2.27 bits per heavy atom. The van der Waals surface area contributed by atoms with Crippen molar-refractivity contribution in [2.75, 3.05) is 26.3 Å². The summed E-state index contributed by atoms with van der Waals surface area (Å²) in [6, 6.07) is 5.39. The number of benzene rings is 1. The zero-order chi connectivity index (χ0) is 15.9. The first-order chi connectivity index (χ1) is 10.6. The topological polar surface area (TPSA) is 38.8 Å². The van der Waals surface area contributed by atoms with Gasteiger partial charge in [-0.3, -0.25) is 4.79 Å². The van der Waals surface area contributed by atoms with Crippen molar-refractivity contribution in [3.05, 3.63) is 28.8 Å². The van der Waals surface area contributed by atoms with Gasteiger partial charge in [-0.25, -0.2) is 0 Å². The van der Waals surface area contributed by atoms with Gasteiger partial charge in [-0.05, 0) is 56.9 Å². The molecule has 0 spiro atoms. The average molecular weight is 326 g/mol. The van der Waals surface area contributed by atoms with Crippen molar-refractivity contribution in [3.63, 3.8) is 0 Å². The molecule has 1 amide bonds. The molecule has 0 saturated carbocycles. The average Bonchev–Trinajstić information content (AvgIpc) is 2.52. The third-order valence-corrected chi connectivity index (χ3v) is 4.16. The summed E-state index contributed by atoms with van der Waals surface area (Å²) in [5, 5.41) is 0.667. The molecule has 1 aromatic carbocycles. The van der Waals surface area contributed by atoms with Gasteiger partial charge in [-0.2, -0.15) is 0 Å². The lowest BCUT2D eigenvalue weighted by Crippen LogP contribution is -2.41. The van der Waals surface area contributed by atoms with Crippen LogP contribution in [0.25, 0.3) is 0 Å². The first kappa shape index (κ1) is 17.1. The molecule has 2 rings (SSSR count). The molecule has 1 fully saturated rings. The highest BCUT2D eigenvalue weighted by molar-refractivity contribution is 6.30. The Morgan fingerprint density at radius 3 is 2.91 bits per heavy atom. The lowest BCUT2D eigenvalue weighted by molar-refractivity contribution is -0.135. The van der Waals surface area contributed by atoms with Gasteiger partial charge < -0.3 is 14.4 Å². The van der Waals surface area contributed by atoms with Gasteiger partial charge >= 0.3 is 0 Å². The minimum absolute atomic E-state index is 0.00831. The molecule has 1 atom stereocenters. The van der Waals surface area contributed by atoms with Gasteiger partial charge in [0.2, 0.25) is 0 Å². The largest absolute Gasteiger partial charge is 0.483 e. The van der Waals surface area contributed by atoms with Crippen molar-refractivity contribution in [2.24, 2.45) is 0 Å². The molecule has 1 saturated heterocycles. The van der Waals surface area contributed by atoms with Crippen molar-refractivity contribution < 1.29 is 14.3 Å². The summed E-state index contributed by atoms with van der Waals surface area (Å²) >= 11 is 5.92. The van der Waals surface area contributed by atoms with Crippen LogP contribution >= 0.6 is 11.6 Å². The van der Waals surface area contributed by atoms with E-state index in [1.165, 1.54) is 6.42 Å². The van der Waals surface area contributed by atoms with E-state index in [1.54, 1.807) is 17.0 Å². The molecule has 122 valence electrons. The number of likely N-dealkylation sites (N-methyl/N-ethyl adjacent to an activating group) is 1. The van der Waals surface area contributed by atoms with Crippen LogP contribution in [0.1, 0.15) is 31.7 Å². The lowest BCUT2D eigenvalue weighted by Gasteiger charge is -2.29. The molecule has 1 heterocycles. The van der Waals surface area contributed by atoms with E-state index in [9.17, 15) is 4.79 Å². The Labute approximate surface area is 137 Å². The minimum Gasteiger partial charge on any atom is -0.483 e. The minimum atomic E-state index is -0.00831. The summed E-state index contributed by atoms with van der Waals surface area (Å²) < 4.78 is 11.3. The SMILES string of the molecule is CCN(C[C@@H]1CCCCO1)C(=O)COc1ccc(Cl)cc1C. The number of carbonyl (C=O) groups excluding carboxylic acids is 1. The number of rotatable bonds is 6. The number of nitrogens with zero attached hydrogens (tertiary/aromatic N) is 1. The number of amides is 1. The van der Waals surface area contributed by atoms with Crippen molar-refractivity contribution in [1.82, 2.24) is 4.90 Å². The van der Waals surface area contributed by atoms with E-state index in [0.29, 0.717) is 23.9 Å². The summed E-state index contributed by atoms with van der Waals surface area (Å²) in [6.45, 7) is 6.06. The van der Waals surface area contributed by atoms with Gasteiger partial charge in [0.1, 0.15) is 5.75 Å². The highest BCUT2D eigenvalue weighted by Gasteiger charge is 2.20. The van der Waals surface area contributed by atoms with E-state index in [1.807, 2.05) is 19.9 Å². The van der Waals surface area contributed by atoms with E-state index in [4.69, 9.17) is 21.1 Å². The van der Waals surface area contributed by atoms with Crippen LogP contribution in [0, 0.1) is 6.92 Å². The predicted octanol–water partition coefficient (Wildman–Crippen LogP) is 3.44. The molecule has 1 aliphatic rings. The number of ether oxygens (including phenoxy) is 2. The predicted molar refractivity (Wildman–Crippen MR) is 87.5 cm³/mol. The maximum Gasteiger partial charge on any atom is 0.260 e. The van der Waals surface area contributed by atoms with Crippen LogP contribution in [0.3, 0.4) is 0 Å². The zero-order valence-electron chi connectivity index (χ0n) is 13.3. The molecule has 0 unspecified atom stereocenters. The summed E-state index contributed by atoms with van der Waals surface area (Å²) in [5.41, 5.74) is 0.930. The van der Waals surface area contributed by atoms with E-state index in [2.05, 4.69) is 0 Å². The summed E-state index contributed by atoms with van der Waals surface area (Å²) in [4.78, 5) is 14.1. The Balaban J connectivity index is 1.85. The number of hydrogen-bond acceptors (Lipinski definition) is 3. The van der Waals surface area contributed by atoms with Gasteiger partial charge in [0.15, 0.2) is 6.61 Å². The van der Waals surface area contributed by atoms with Crippen LogP contribution in [0.5, 0.6) is 5.75 Å². The first-order valence-electron chi connectivity index (χ1n) is 7.88. The van der Waals surface area contributed by atoms with Crippen LogP contribution in [0.4, 0.5) is 0 Å². The molecule has 22 heavy (non-hydrogen) atoms. The molecule has 0 aromatic heterocycles. The summed E-state index contributed by atoms with van der Waals surface area (Å²) in [7, 11) is 0. The molecule has 0 bridgehead atoms. The van der Waals surface area contributed by atoms with Crippen LogP contribution in [-0.4, -0.2) is 43.2 Å². The Kier molecular flexibility index (Phi) is 6.52. The van der Waals surface area contributed by atoms with Crippen molar-refractivity contribution in [2.45, 2.75) is 39.2 Å². The molecule has 1 aromatic rings. The molecule has 0 radical (unpaired) electrons. The lowest BCUT2D eigenvalue weighted by atomic mass is 10.1.